The van der Waals surface area contributed by atoms with E-state index in [4.69, 9.17) is 9.72 Å². The molecule has 5 heteroatoms. The molecule has 5 nitrogen and oxygen atoms in total. The molecular formula is C19H30N4O. The molecule has 0 radical (unpaired) electrons. The van der Waals surface area contributed by atoms with E-state index in [9.17, 15) is 0 Å². The monoisotopic (exact) mass is 330 g/mol. The fourth-order valence-corrected chi connectivity index (χ4v) is 3.36. The molecule has 1 saturated heterocycles. The topological polar surface area (TPSA) is 33.5 Å². The number of likely N-dealkylation sites (N-methyl/N-ethyl adjacent to an activating group) is 1. The second kappa shape index (κ2) is 8.60. The Morgan fingerprint density at radius 2 is 1.96 bits per heavy atom. The predicted molar refractivity (Wildman–Crippen MR) is 98.2 cm³/mol. The number of aromatic nitrogens is 2. The second-order valence-electron chi connectivity index (χ2n) is 6.71. The van der Waals surface area contributed by atoms with E-state index < -0.39 is 0 Å². The maximum absolute atomic E-state index is 5.72. The lowest BCUT2D eigenvalue weighted by atomic mass is 10.3. The molecule has 0 N–H and O–H groups in total. The molecule has 0 unspecified atom stereocenters. The number of ether oxygens (including phenoxy) is 1. The maximum Gasteiger partial charge on any atom is 0.124 e. The summed E-state index contributed by atoms with van der Waals surface area (Å²) in [5, 5.41) is 0. The largest absolute Gasteiger partial charge is 0.380 e. The molecule has 0 amide bonds. The molecule has 1 aromatic carbocycles. The van der Waals surface area contributed by atoms with E-state index in [0.717, 1.165) is 57.9 Å². The summed E-state index contributed by atoms with van der Waals surface area (Å²) < 4.78 is 8.06. The molecular weight excluding hydrogens is 300 g/mol. The standard InChI is InChI=1S/C19H30N4O/c1-3-14-24-15-13-23-18-8-5-4-7-17(18)20-19(23)16-22-10-6-9-21(2)11-12-22/h4-5,7-8H,3,6,9-16H2,1-2H3. The minimum absolute atomic E-state index is 0.754. The van der Waals surface area contributed by atoms with Crippen LogP contribution in [0.4, 0.5) is 0 Å². The normalized spacial score (nSPS) is 17.4. The van der Waals surface area contributed by atoms with Gasteiger partial charge in [0.05, 0.1) is 24.2 Å². The van der Waals surface area contributed by atoms with Crippen LogP contribution in [-0.4, -0.2) is 65.8 Å². The Labute approximate surface area is 145 Å². The summed E-state index contributed by atoms with van der Waals surface area (Å²) in [4.78, 5) is 9.86. The first-order chi connectivity index (χ1) is 11.8. The summed E-state index contributed by atoms with van der Waals surface area (Å²) in [6, 6.07) is 8.44. The lowest BCUT2D eigenvalue weighted by Gasteiger charge is -2.20. The second-order valence-corrected chi connectivity index (χ2v) is 6.71. The number of nitrogens with zero attached hydrogens (tertiary/aromatic N) is 4. The predicted octanol–water partition coefficient (Wildman–Crippen LogP) is 2.60. The van der Waals surface area contributed by atoms with Crippen LogP contribution >= 0.6 is 0 Å². The highest BCUT2D eigenvalue weighted by Gasteiger charge is 2.16. The van der Waals surface area contributed by atoms with Crippen molar-refractivity contribution in [2.75, 3.05) is 46.4 Å². The Morgan fingerprint density at radius 3 is 2.83 bits per heavy atom. The fourth-order valence-electron chi connectivity index (χ4n) is 3.36. The molecule has 2 heterocycles. The molecule has 3 rings (SSSR count). The van der Waals surface area contributed by atoms with Crippen LogP contribution in [0.15, 0.2) is 24.3 Å². The molecule has 24 heavy (non-hydrogen) atoms. The zero-order valence-corrected chi connectivity index (χ0v) is 15.1. The first-order valence-corrected chi connectivity index (χ1v) is 9.20. The smallest absolute Gasteiger partial charge is 0.124 e. The van der Waals surface area contributed by atoms with Crippen LogP contribution in [0.2, 0.25) is 0 Å². The molecule has 2 aromatic rings. The van der Waals surface area contributed by atoms with Crippen LogP contribution in [0.1, 0.15) is 25.6 Å². The number of imidazole rings is 1. The lowest BCUT2D eigenvalue weighted by Crippen LogP contribution is -2.29. The van der Waals surface area contributed by atoms with Crippen LogP contribution in [0.25, 0.3) is 11.0 Å². The van der Waals surface area contributed by atoms with Crippen molar-refractivity contribution in [2.45, 2.75) is 32.9 Å². The minimum atomic E-state index is 0.754. The molecule has 0 spiro atoms. The molecule has 0 saturated carbocycles. The van der Waals surface area contributed by atoms with E-state index in [0.29, 0.717) is 0 Å². The van der Waals surface area contributed by atoms with Crippen LogP contribution in [0.3, 0.4) is 0 Å². The number of fused-ring (bicyclic) bond motifs is 1. The molecule has 1 aliphatic rings. The third-order valence-electron chi connectivity index (χ3n) is 4.72. The number of para-hydroxylation sites is 2. The molecule has 132 valence electrons. The fraction of sp³-hybridized carbons (Fsp3) is 0.632. The summed E-state index contributed by atoms with van der Waals surface area (Å²) in [7, 11) is 2.21. The summed E-state index contributed by atoms with van der Waals surface area (Å²) in [5.74, 6) is 1.17. The third-order valence-corrected chi connectivity index (χ3v) is 4.72. The highest BCUT2D eigenvalue weighted by molar-refractivity contribution is 5.75. The van der Waals surface area contributed by atoms with Gasteiger partial charge in [0.25, 0.3) is 0 Å². The van der Waals surface area contributed by atoms with Crippen molar-refractivity contribution in [3.05, 3.63) is 30.1 Å². The average molecular weight is 330 g/mol. The quantitative estimate of drug-likeness (QED) is 0.731. The van der Waals surface area contributed by atoms with Gasteiger partial charge in [-0.3, -0.25) is 4.90 Å². The van der Waals surface area contributed by atoms with Gasteiger partial charge in [-0.25, -0.2) is 4.98 Å². The van der Waals surface area contributed by atoms with Gasteiger partial charge in [0, 0.05) is 26.2 Å². The van der Waals surface area contributed by atoms with E-state index in [-0.39, 0.29) is 0 Å². The van der Waals surface area contributed by atoms with E-state index in [1.54, 1.807) is 0 Å². The zero-order chi connectivity index (χ0) is 16.8. The number of hydrogen-bond donors (Lipinski definition) is 0. The molecule has 0 aliphatic carbocycles. The van der Waals surface area contributed by atoms with Gasteiger partial charge in [-0.05, 0) is 45.1 Å². The number of rotatable bonds is 7. The first-order valence-electron chi connectivity index (χ1n) is 9.20. The third kappa shape index (κ3) is 4.35. The molecule has 0 bridgehead atoms. The van der Waals surface area contributed by atoms with Gasteiger partial charge in [0.15, 0.2) is 0 Å². The Bertz CT molecular complexity index is 639. The van der Waals surface area contributed by atoms with Gasteiger partial charge < -0.3 is 14.2 Å². The van der Waals surface area contributed by atoms with Crippen LogP contribution in [0, 0.1) is 0 Å². The summed E-state index contributed by atoms with van der Waals surface area (Å²) in [6.07, 6.45) is 2.30. The van der Waals surface area contributed by atoms with Crippen LogP contribution in [-0.2, 0) is 17.8 Å². The van der Waals surface area contributed by atoms with E-state index in [1.165, 1.54) is 24.3 Å². The van der Waals surface area contributed by atoms with Gasteiger partial charge in [-0.1, -0.05) is 19.1 Å². The van der Waals surface area contributed by atoms with Crippen molar-refractivity contribution in [2.24, 2.45) is 0 Å². The van der Waals surface area contributed by atoms with Crippen molar-refractivity contribution < 1.29 is 4.74 Å². The minimum Gasteiger partial charge on any atom is -0.380 e. The number of benzene rings is 1. The van der Waals surface area contributed by atoms with Gasteiger partial charge >= 0.3 is 0 Å². The van der Waals surface area contributed by atoms with Gasteiger partial charge in [-0.2, -0.15) is 0 Å². The van der Waals surface area contributed by atoms with Crippen LogP contribution in [0.5, 0.6) is 0 Å². The summed E-state index contributed by atoms with van der Waals surface area (Å²) in [5.41, 5.74) is 2.31. The number of hydrogen-bond acceptors (Lipinski definition) is 4. The molecule has 0 atom stereocenters. The summed E-state index contributed by atoms with van der Waals surface area (Å²) >= 11 is 0. The van der Waals surface area contributed by atoms with Crippen molar-refractivity contribution in [1.82, 2.24) is 19.4 Å². The highest BCUT2D eigenvalue weighted by Crippen LogP contribution is 2.18. The van der Waals surface area contributed by atoms with Gasteiger partial charge in [0.2, 0.25) is 0 Å². The average Bonchev–Trinajstić information content (AvgIpc) is 2.80. The molecule has 1 aromatic heterocycles. The highest BCUT2D eigenvalue weighted by atomic mass is 16.5. The Hall–Kier alpha value is -1.43. The zero-order valence-electron chi connectivity index (χ0n) is 15.1. The molecule has 1 aliphatic heterocycles. The van der Waals surface area contributed by atoms with Gasteiger partial charge in [0.1, 0.15) is 5.82 Å². The first kappa shape index (κ1) is 17.4. The van der Waals surface area contributed by atoms with Crippen molar-refractivity contribution >= 4 is 11.0 Å². The van der Waals surface area contributed by atoms with E-state index in [1.807, 2.05) is 0 Å². The Kier molecular flexibility index (Phi) is 6.24. The van der Waals surface area contributed by atoms with Crippen molar-refractivity contribution in [3.8, 4) is 0 Å². The van der Waals surface area contributed by atoms with E-state index in [2.05, 4.69) is 52.6 Å². The van der Waals surface area contributed by atoms with Crippen molar-refractivity contribution in [1.29, 1.82) is 0 Å². The molecule has 1 fully saturated rings. The summed E-state index contributed by atoms with van der Waals surface area (Å²) in [6.45, 7) is 10.1. The van der Waals surface area contributed by atoms with Crippen LogP contribution < -0.4 is 0 Å². The SMILES string of the molecule is CCCOCCn1c(CN2CCCN(C)CC2)nc2ccccc21. The lowest BCUT2D eigenvalue weighted by molar-refractivity contribution is 0.126. The van der Waals surface area contributed by atoms with Crippen molar-refractivity contribution in [3.63, 3.8) is 0 Å². The van der Waals surface area contributed by atoms with Gasteiger partial charge in [-0.15, -0.1) is 0 Å². The maximum atomic E-state index is 5.72. The van der Waals surface area contributed by atoms with E-state index >= 15 is 0 Å². The Morgan fingerprint density at radius 1 is 1.08 bits per heavy atom. The Balaban J connectivity index is 1.75.